The minimum Gasteiger partial charge on any atom is -0.349 e. The van der Waals surface area contributed by atoms with Gasteiger partial charge in [-0.1, -0.05) is 0 Å². The van der Waals surface area contributed by atoms with Crippen LogP contribution < -0.4 is 10.2 Å². The van der Waals surface area contributed by atoms with E-state index < -0.39 is 0 Å². The van der Waals surface area contributed by atoms with Gasteiger partial charge in [0.2, 0.25) is 0 Å². The first-order chi connectivity index (χ1) is 9.72. The molecule has 0 aliphatic heterocycles. The SMILES string of the molecule is CCN(CC)c1ncc(CNCCn2cc(C)cn2)s1. The van der Waals surface area contributed by atoms with E-state index in [1.54, 1.807) is 11.3 Å². The fourth-order valence-corrected chi connectivity index (χ4v) is 3.02. The van der Waals surface area contributed by atoms with E-state index in [9.17, 15) is 0 Å². The van der Waals surface area contributed by atoms with Crippen LogP contribution in [0, 0.1) is 6.92 Å². The number of rotatable bonds is 8. The lowest BCUT2D eigenvalue weighted by atomic mass is 10.4. The highest BCUT2D eigenvalue weighted by atomic mass is 32.1. The molecule has 1 N–H and O–H groups in total. The van der Waals surface area contributed by atoms with Crippen LogP contribution in [0.1, 0.15) is 24.3 Å². The zero-order valence-electron chi connectivity index (χ0n) is 12.5. The first kappa shape index (κ1) is 15.0. The van der Waals surface area contributed by atoms with Crippen molar-refractivity contribution < 1.29 is 0 Å². The second-order valence-corrected chi connectivity index (χ2v) is 5.83. The number of thiazole rings is 1. The normalized spacial score (nSPS) is 10.9. The lowest BCUT2D eigenvalue weighted by Gasteiger charge is -2.16. The topological polar surface area (TPSA) is 46.0 Å². The van der Waals surface area contributed by atoms with E-state index in [1.807, 2.05) is 17.1 Å². The van der Waals surface area contributed by atoms with Crippen LogP contribution in [0.15, 0.2) is 18.6 Å². The standard InChI is InChI=1S/C14H23N5S/c1-4-18(5-2)14-16-10-13(20-14)9-15-6-7-19-11-12(3)8-17-19/h8,10-11,15H,4-7,9H2,1-3H3. The molecule has 0 aliphatic rings. The van der Waals surface area contributed by atoms with Gasteiger partial charge in [0.05, 0.1) is 12.7 Å². The fourth-order valence-electron chi connectivity index (χ4n) is 2.01. The highest BCUT2D eigenvalue weighted by Crippen LogP contribution is 2.21. The molecule has 2 aromatic rings. The number of nitrogens with zero attached hydrogens (tertiary/aromatic N) is 4. The van der Waals surface area contributed by atoms with Crippen LogP contribution in [0.2, 0.25) is 0 Å². The van der Waals surface area contributed by atoms with Crippen molar-refractivity contribution >= 4 is 16.5 Å². The summed E-state index contributed by atoms with van der Waals surface area (Å²) in [4.78, 5) is 8.04. The summed E-state index contributed by atoms with van der Waals surface area (Å²) in [6, 6.07) is 0. The Hall–Kier alpha value is -1.40. The molecule has 2 rings (SSSR count). The number of aryl methyl sites for hydroxylation is 1. The fraction of sp³-hybridized carbons (Fsp3) is 0.571. The maximum absolute atomic E-state index is 4.49. The molecule has 0 radical (unpaired) electrons. The molecule has 20 heavy (non-hydrogen) atoms. The summed E-state index contributed by atoms with van der Waals surface area (Å²) in [6.07, 6.45) is 5.93. The van der Waals surface area contributed by atoms with Crippen LogP contribution in [-0.4, -0.2) is 34.4 Å². The van der Waals surface area contributed by atoms with Gasteiger partial charge in [0.25, 0.3) is 0 Å². The molecule has 0 saturated heterocycles. The van der Waals surface area contributed by atoms with E-state index in [2.05, 4.69) is 47.3 Å². The summed E-state index contributed by atoms with van der Waals surface area (Å²) in [6.45, 7) is 11.1. The van der Waals surface area contributed by atoms with Crippen molar-refractivity contribution in [2.75, 3.05) is 24.5 Å². The van der Waals surface area contributed by atoms with Gasteiger partial charge >= 0.3 is 0 Å². The van der Waals surface area contributed by atoms with E-state index in [4.69, 9.17) is 0 Å². The van der Waals surface area contributed by atoms with Crippen molar-refractivity contribution in [3.63, 3.8) is 0 Å². The predicted octanol–water partition coefficient (Wildman–Crippen LogP) is 2.28. The summed E-state index contributed by atoms with van der Waals surface area (Å²) in [5.41, 5.74) is 1.20. The summed E-state index contributed by atoms with van der Waals surface area (Å²) in [5, 5.41) is 8.83. The molecule has 2 heterocycles. The van der Waals surface area contributed by atoms with Crippen molar-refractivity contribution in [2.24, 2.45) is 0 Å². The number of aromatic nitrogens is 3. The lowest BCUT2D eigenvalue weighted by molar-refractivity contribution is 0.556. The summed E-state index contributed by atoms with van der Waals surface area (Å²) in [5.74, 6) is 0. The highest BCUT2D eigenvalue weighted by molar-refractivity contribution is 7.15. The molecule has 2 aromatic heterocycles. The molecule has 0 bridgehead atoms. The summed E-state index contributed by atoms with van der Waals surface area (Å²) in [7, 11) is 0. The third kappa shape index (κ3) is 4.05. The first-order valence-corrected chi connectivity index (χ1v) is 7.94. The van der Waals surface area contributed by atoms with Crippen LogP contribution >= 0.6 is 11.3 Å². The van der Waals surface area contributed by atoms with Gasteiger partial charge in [0, 0.05) is 43.4 Å². The minimum absolute atomic E-state index is 0.874. The van der Waals surface area contributed by atoms with Gasteiger partial charge in [0.15, 0.2) is 5.13 Å². The summed E-state index contributed by atoms with van der Waals surface area (Å²) >= 11 is 1.77. The molecule has 0 atom stereocenters. The number of nitrogens with one attached hydrogen (secondary N) is 1. The van der Waals surface area contributed by atoms with Gasteiger partial charge < -0.3 is 10.2 Å². The molecule has 0 aromatic carbocycles. The molecule has 110 valence electrons. The zero-order chi connectivity index (χ0) is 14.4. The Bertz CT molecular complexity index is 515. The van der Waals surface area contributed by atoms with E-state index in [-0.39, 0.29) is 0 Å². The van der Waals surface area contributed by atoms with E-state index in [0.717, 1.165) is 37.9 Å². The highest BCUT2D eigenvalue weighted by Gasteiger charge is 2.07. The lowest BCUT2D eigenvalue weighted by Crippen LogP contribution is -2.21. The Labute approximate surface area is 124 Å². The third-order valence-corrected chi connectivity index (χ3v) is 4.21. The Balaban J connectivity index is 1.74. The Morgan fingerprint density at radius 3 is 2.75 bits per heavy atom. The van der Waals surface area contributed by atoms with E-state index in [0.29, 0.717) is 0 Å². The van der Waals surface area contributed by atoms with Gasteiger partial charge in [-0.2, -0.15) is 5.10 Å². The summed E-state index contributed by atoms with van der Waals surface area (Å²) < 4.78 is 1.97. The minimum atomic E-state index is 0.874. The Morgan fingerprint density at radius 1 is 1.30 bits per heavy atom. The van der Waals surface area contributed by atoms with Gasteiger partial charge in [0.1, 0.15) is 0 Å². The molecule has 0 aliphatic carbocycles. The molecular formula is C14H23N5S. The Morgan fingerprint density at radius 2 is 2.10 bits per heavy atom. The first-order valence-electron chi connectivity index (χ1n) is 7.12. The van der Waals surface area contributed by atoms with Crippen molar-refractivity contribution in [1.82, 2.24) is 20.1 Å². The molecule has 0 spiro atoms. The smallest absolute Gasteiger partial charge is 0.185 e. The van der Waals surface area contributed by atoms with Crippen molar-refractivity contribution in [3.05, 3.63) is 29.0 Å². The quantitative estimate of drug-likeness (QED) is 0.759. The molecular weight excluding hydrogens is 270 g/mol. The van der Waals surface area contributed by atoms with E-state index >= 15 is 0 Å². The molecule has 0 fully saturated rings. The predicted molar refractivity (Wildman–Crippen MR) is 84.3 cm³/mol. The largest absolute Gasteiger partial charge is 0.349 e. The number of hydrogen-bond acceptors (Lipinski definition) is 5. The second-order valence-electron chi connectivity index (χ2n) is 4.74. The van der Waals surface area contributed by atoms with Crippen LogP contribution in [0.3, 0.4) is 0 Å². The van der Waals surface area contributed by atoms with E-state index in [1.165, 1.54) is 10.4 Å². The maximum atomic E-state index is 4.49. The third-order valence-electron chi connectivity index (χ3n) is 3.15. The zero-order valence-corrected chi connectivity index (χ0v) is 13.3. The van der Waals surface area contributed by atoms with Crippen molar-refractivity contribution in [1.29, 1.82) is 0 Å². The second kappa shape index (κ2) is 7.40. The monoisotopic (exact) mass is 293 g/mol. The van der Waals surface area contributed by atoms with Crippen LogP contribution in [-0.2, 0) is 13.1 Å². The van der Waals surface area contributed by atoms with Crippen LogP contribution in [0.25, 0.3) is 0 Å². The van der Waals surface area contributed by atoms with Gasteiger partial charge in [-0.3, -0.25) is 4.68 Å². The number of anilines is 1. The van der Waals surface area contributed by atoms with Gasteiger partial charge in [-0.15, -0.1) is 11.3 Å². The molecule has 0 unspecified atom stereocenters. The molecule has 0 amide bonds. The van der Waals surface area contributed by atoms with Crippen LogP contribution in [0.5, 0.6) is 0 Å². The van der Waals surface area contributed by atoms with Crippen molar-refractivity contribution in [2.45, 2.75) is 33.9 Å². The molecule has 5 nitrogen and oxygen atoms in total. The molecule has 0 saturated carbocycles. The van der Waals surface area contributed by atoms with Crippen LogP contribution in [0.4, 0.5) is 5.13 Å². The van der Waals surface area contributed by atoms with Gasteiger partial charge in [-0.05, 0) is 26.3 Å². The number of hydrogen-bond donors (Lipinski definition) is 1. The molecule has 6 heteroatoms. The average molecular weight is 293 g/mol. The maximum Gasteiger partial charge on any atom is 0.185 e. The van der Waals surface area contributed by atoms with Gasteiger partial charge in [-0.25, -0.2) is 4.98 Å². The Kier molecular flexibility index (Phi) is 5.55. The van der Waals surface area contributed by atoms with Crippen molar-refractivity contribution in [3.8, 4) is 0 Å². The average Bonchev–Trinajstić information content (AvgIpc) is 3.06.